The maximum absolute atomic E-state index is 8.74. The van der Waals surface area contributed by atoms with Gasteiger partial charge in [0.05, 0.1) is 12.7 Å². The van der Waals surface area contributed by atoms with Gasteiger partial charge in [0.25, 0.3) is 0 Å². The van der Waals surface area contributed by atoms with E-state index >= 15 is 0 Å². The first kappa shape index (κ1) is 12.1. The average molecular weight is 220 g/mol. The van der Waals surface area contributed by atoms with Crippen molar-refractivity contribution in [1.82, 2.24) is 0 Å². The molecule has 4 nitrogen and oxygen atoms in total. The van der Waals surface area contributed by atoms with Gasteiger partial charge in [-0.1, -0.05) is 0 Å². The van der Waals surface area contributed by atoms with Crippen molar-refractivity contribution in [1.29, 1.82) is 0 Å². The van der Waals surface area contributed by atoms with Crippen molar-refractivity contribution in [3.05, 3.63) is 0 Å². The molecule has 0 aromatic heterocycles. The maximum atomic E-state index is 8.74. The van der Waals surface area contributed by atoms with Crippen LogP contribution in [-0.4, -0.2) is 46.7 Å². The van der Waals surface area contributed by atoms with E-state index in [1.807, 2.05) is 6.55 Å². The van der Waals surface area contributed by atoms with Crippen molar-refractivity contribution in [2.75, 3.05) is 26.9 Å². The van der Waals surface area contributed by atoms with Crippen molar-refractivity contribution in [2.24, 2.45) is 0 Å². The van der Waals surface area contributed by atoms with Gasteiger partial charge in [0.1, 0.15) is 0 Å². The number of hydrogen-bond acceptors (Lipinski definition) is 4. The van der Waals surface area contributed by atoms with Crippen LogP contribution in [0.4, 0.5) is 0 Å². The molecule has 84 valence electrons. The molecule has 0 spiro atoms. The van der Waals surface area contributed by atoms with Gasteiger partial charge < -0.3 is 18.7 Å². The van der Waals surface area contributed by atoms with Crippen LogP contribution in [0, 0.1) is 0 Å². The van der Waals surface area contributed by atoms with E-state index in [0.717, 1.165) is 25.5 Å². The summed E-state index contributed by atoms with van der Waals surface area (Å²) in [6, 6.07) is 0.853. The van der Waals surface area contributed by atoms with Crippen LogP contribution in [0.1, 0.15) is 12.8 Å². The summed E-state index contributed by atoms with van der Waals surface area (Å²) >= 11 is 0. The molecule has 0 bridgehead atoms. The van der Waals surface area contributed by atoms with Crippen LogP contribution < -0.4 is 0 Å². The monoisotopic (exact) mass is 220 g/mol. The summed E-state index contributed by atoms with van der Waals surface area (Å²) in [5.41, 5.74) is 0. The molecule has 1 fully saturated rings. The van der Waals surface area contributed by atoms with Gasteiger partial charge in [-0.05, 0) is 25.4 Å². The Morgan fingerprint density at radius 2 is 2.29 bits per heavy atom. The molecule has 1 aliphatic heterocycles. The van der Waals surface area contributed by atoms with Crippen molar-refractivity contribution in [3.63, 3.8) is 0 Å². The maximum Gasteiger partial charge on any atom is 0.334 e. The molecule has 5 heteroatoms. The predicted octanol–water partition coefficient (Wildman–Crippen LogP) is 0.893. The molecule has 2 unspecified atom stereocenters. The fourth-order valence-corrected chi connectivity index (χ4v) is 3.09. The van der Waals surface area contributed by atoms with E-state index in [1.165, 1.54) is 0 Å². The second-order valence-corrected chi connectivity index (χ2v) is 7.22. The summed E-state index contributed by atoms with van der Waals surface area (Å²) in [4.78, 5) is 0. The first-order valence-electron chi connectivity index (χ1n) is 5.12. The third-order valence-corrected chi connectivity index (χ3v) is 5.41. The Morgan fingerprint density at radius 3 is 2.79 bits per heavy atom. The van der Waals surface area contributed by atoms with E-state index in [4.69, 9.17) is 18.7 Å². The highest BCUT2D eigenvalue weighted by Crippen LogP contribution is 2.18. The number of rotatable bonds is 8. The SMILES string of the molecule is CO[Si](C)(CCCO)OCCC1CO1. The fourth-order valence-electron chi connectivity index (χ4n) is 1.27. The van der Waals surface area contributed by atoms with Crippen LogP contribution in [0.5, 0.6) is 0 Å². The smallest absolute Gasteiger partial charge is 0.334 e. The number of epoxide rings is 1. The Balaban J connectivity index is 2.12. The zero-order valence-corrected chi connectivity index (χ0v) is 9.99. The van der Waals surface area contributed by atoms with Crippen molar-refractivity contribution in [3.8, 4) is 0 Å². The highest BCUT2D eigenvalue weighted by Gasteiger charge is 2.30. The van der Waals surface area contributed by atoms with E-state index in [-0.39, 0.29) is 6.61 Å². The third-order valence-electron chi connectivity index (χ3n) is 2.47. The topological polar surface area (TPSA) is 51.2 Å². The van der Waals surface area contributed by atoms with Crippen LogP contribution in [0.3, 0.4) is 0 Å². The second-order valence-electron chi connectivity index (χ2n) is 3.76. The zero-order valence-electron chi connectivity index (χ0n) is 8.99. The highest BCUT2D eigenvalue weighted by atomic mass is 28.4. The molecule has 1 rings (SSSR count). The lowest BCUT2D eigenvalue weighted by molar-refractivity contribution is 0.189. The van der Waals surface area contributed by atoms with Gasteiger partial charge in [-0.3, -0.25) is 0 Å². The Labute approximate surface area is 86.4 Å². The van der Waals surface area contributed by atoms with Crippen LogP contribution >= 0.6 is 0 Å². The molecule has 0 saturated carbocycles. The molecule has 0 amide bonds. The molecule has 1 aliphatic rings. The minimum atomic E-state index is -2.00. The van der Waals surface area contributed by atoms with Crippen LogP contribution in [0.25, 0.3) is 0 Å². The molecule has 1 N–H and O–H groups in total. The lowest BCUT2D eigenvalue weighted by Gasteiger charge is -2.24. The summed E-state index contributed by atoms with van der Waals surface area (Å²) in [6.07, 6.45) is 2.14. The van der Waals surface area contributed by atoms with Gasteiger partial charge in [-0.25, -0.2) is 0 Å². The Kier molecular flexibility index (Phi) is 5.04. The quantitative estimate of drug-likeness (QED) is 0.487. The van der Waals surface area contributed by atoms with E-state index < -0.39 is 8.56 Å². The fraction of sp³-hybridized carbons (Fsp3) is 1.00. The second kappa shape index (κ2) is 5.82. The zero-order chi connectivity index (χ0) is 10.4. The Hall–Kier alpha value is 0.0569. The predicted molar refractivity (Wildman–Crippen MR) is 55.4 cm³/mol. The van der Waals surface area contributed by atoms with Crippen molar-refractivity contribution >= 4 is 8.56 Å². The molecule has 1 heterocycles. The molecule has 0 aromatic rings. The molecule has 0 radical (unpaired) electrons. The number of aliphatic hydroxyl groups is 1. The normalized spacial score (nSPS) is 24.6. The number of hydrogen-bond donors (Lipinski definition) is 1. The first-order valence-corrected chi connectivity index (χ1v) is 7.64. The van der Waals surface area contributed by atoms with Gasteiger partial charge in [-0.15, -0.1) is 0 Å². The lowest BCUT2D eigenvalue weighted by Crippen LogP contribution is -2.38. The van der Waals surface area contributed by atoms with Crippen LogP contribution in [0.2, 0.25) is 12.6 Å². The van der Waals surface area contributed by atoms with Gasteiger partial charge in [-0.2, -0.15) is 0 Å². The molecule has 0 aliphatic carbocycles. The van der Waals surface area contributed by atoms with E-state index in [9.17, 15) is 0 Å². The summed E-state index contributed by atoms with van der Waals surface area (Å²) in [5, 5.41) is 8.74. The van der Waals surface area contributed by atoms with E-state index in [1.54, 1.807) is 7.11 Å². The summed E-state index contributed by atoms with van der Waals surface area (Å²) < 4.78 is 16.3. The van der Waals surface area contributed by atoms with Crippen LogP contribution in [0.15, 0.2) is 0 Å². The molecule has 1 saturated heterocycles. The van der Waals surface area contributed by atoms with Gasteiger partial charge in [0.15, 0.2) is 0 Å². The minimum Gasteiger partial charge on any atom is -0.398 e. The summed E-state index contributed by atoms with van der Waals surface area (Å²) in [7, 11) is -0.307. The molecular formula is C9H20O4Si. The average Bonchev–Trinajstić information content (AvgIpc) is 2.99. The molecule has 14 heavy (non-hydrogen) atoms. The molecular weight excluding hydrogens is 200 g/mol. The molecule has 2 atom stereocenters. The minimum absolute atomic E-state index is 0.209. The summed E-state index contributed by atoms with van der Waals surface area (Å²) in [6.45, 7) is 3.84. The lowest BCUT2D eigenvalue weighted by atomic mass is 10.4. The Bertz CT molecular complexity index is 163. The highest BCUT2D eigenvalue weighted by molar-refractivity contribution is 6.65. The Morgan fingerprint density at radius 1 is 1.57 bits per heavy atom. The largest absolute Gasteiger partial charge is 0.398 e. The number of aliphatic hydroxyl groups excluding tert-OH is 1. The standard InChI is InChI=1S/C9H20O4Si/c1-11-14(2,7-3-5-10)13-6-4-9-8-12-9/h9-10H,3-8H2,1-2H3. The summed E-state index contributed by atoms with van der Waals surface area (Å²) in [5.74, 6) is 0. The molecule has 0 aromatic carbocycles. The number of ether oxygens (including phenoxy) is 1. The first-order chi connectivity index (χ1) is 6.70. The third kappa shape index (κ3) is 4.52. The van der Waals surface area contributed by atoms with Crippen LogP contribution in [-0.2, 0) is 13.6 Å². The van der Waals surface area contributed by atoms with Gasteiger partial charge >= 0.3 is 8.56 Å². The van der Waals surface area contributed by atoms with Crippen molar-refractivity contribution in [2.45, 2.75) is 31.5 Å². The van der Waals surface area contributed by atoms with E-state index in [0.29, 0.717) is 12.7 Å². The van der Waals surface area contributed by atoms with Gasteiger partial charge in [0.2, 0.25) is 0 Å². The van der Waals surface area contributed by atoms with Crippen molar-refractivity contribution < 1.29 is 18.7 Å². The van der Waals surface area contributed by atoms with E-state index in [2.05, 4.69) is 0 Å². The van der Waals surface area contributed by atoms with Gasteiger partial charge in [0, 0.05) is 20.3 Å².